The highest BCUT2D eigenvalue weighted by Gasteiger charge is 2.21. The predicted octanol–water partition coefficient (Wildman–Crippen LogP) is 3.49. The first-order valence-electron chi connectivity index (χ1n) is 9.66. The Bertz CT molecular complexity index is 828. The van der Waals surface area contributed by atoms with Crippen LogP contribution in [-0.2, 0) is 11.3 Å². The molecule has 5 heteroatoms. The molecule has 1 unspecified atom stereocenters. The largest absolute Gasteiger partial charge is 0.497 e. The fraction of sp³-hybridized carbons (Fsp3) is 0.348. The number of nitrogens with one attached hydrogen (secondary N) is 2. The van der Waals surface area contributed by atoms with Gasteiger partial charge < -0.3 is 20.3 Å². The Morgan fingerprint density at radius 1 is 1.25 bits per heavy atom. The molecule has 0 spiro atoms. The Hall–Kier alpha value is -2.79. The smallest absolute Gasteiger partial charge is 0.244 e. The topological polar surface area (TPSA) is 53.6 Å². The van der Waals surface area contributed by atoms with Crippen LogP contribution in [0.5, 0.6) is 5.75 Å². The zero-order valence-electron chi connectivity index (χ0n) is 16.9. The number of hydrogen-bond donors (Lipinski definition) is 2. The summed E-state index contributed by atoms with van der Waals surface area (Å²) in [6, 6.07) is 14.0. The van der Waals surface area contributed by atoms with Gasteiger partial charge in [0.1, 0.15) is 5.75 Å². The predicted molar refractivity (Wildman–Crippen MR) is 115 cm³/mol. The molecule has 0 bridgehead atoms. The first kappa shape index (κ1) is 20.0. The second-order valence-corrected chi connectivity index (χ2v) is 7.42. The molecule has 0 aromatic heterocycles. The van der Waals surface area contributed by atoms with E-state index in [9.17, 15) is 4.79 Å². The minimum absolute atomic E-state index is 0.0985. The fourth-order valence-corrected chi connectivity index (χ4v) is 3.36. The lowest BCUT2D eigenvalue weighted by molar-refractivity contribution is -0.116. The Morgan fingerprint density at radius 2 is 2.04 bits per heavy atom. The number of nitrogens with zero attached hydrogens (tertiary/aromatic N) is 1. The van der Waals surface area contributed by atoms with Crippen LogP contribution in [0.25, 0.3) is 6.08 Å². The van der Waals surface area contributed by atoms with Crippen LogP contribution in [0.15, 0.2) is 48.5 Å². The van der Waals surface area contributed by atoms with Gasteiger partial charge in [0.05, 0.1) is 7.11 Å². The molecule has 2 aromatic rings. The van der Waals surface area contributed by atoms with Crippen molar-refractivity contribution in [2.45, 2.75) is 18.9 Å². The monoisotopic (exact) mass is 379 g/mol. The average Bonchev–Trinajstić information content (AvgIpc) is 3.11. The molecule has 2 N–H and O–H groups in total. The Kier molecular flexibility index (Phi) is 6.71. The van der Waals surface area contributed by atoms with Gasteiger partial charge in [0.2, 0.25) is 5.91 Å². The summed E-state index contributed by atoms with van der Waals surface area (Å²) in [6.07, 6.45) is 4.61. The van der Waals surface area contributed by atoms with Gasteiger partial charge in [-0.1, -0.05) is 18.2 Å². The number of amides is 1. The maximum Gasteiger partial charge on any atom is 0.244 e. The SMILES string of the molecule is COc1ccc(CNC(=O)/C=C/c2ccc3c(c2)C(CCN(C)C)CN3)cc1. The van der Waals surface area contributed by atoms with E-state index in [0.29, 0.717) is 12.5 Å². The molecular formula is C23H29N3O2. The number of rotatable bonds is 8. The van der Waals surface area contributed by atoms with Gasteiger partial charge in [-0.15, -0.1) is 0 Å². The van der Waals surface area contributed by atoms with Gasteiger partial charge in [0.15, 0.2) is 0 Å². The summed E-state index contributed by atoms with van der Waals surface area (Å²) in [5.74, 6) is 1.23. The van der Waals surface area contributed by atoms with E-state index >= 15 is 0 Å². The molecule has 1 amide bonds. The maximum absolute atomic E-state index is 12.1. The summed E-state index contributed by atoms with van der Waals surface area (Å²) in [6.45, 7) is 2.55. The lowest BCUT2D eigenvalue weighted by Crippen LogP contribution is -2.20. The third-order valence-electron chi connectivity index (χ3n) is 5.03. The van der Waals surface area contributed by atoms with Gasteiger partial charge in [-0.2, -0.15) is 0 Å². The Morgan fingerprint density at radius 3 is 2.75 bits per heavy atom. The molecular weight excluding hydrogens is 350 g/mol. The highest BCUT2D eigenvalue weighted by molar-refractivity contribution is 5.91. The second-order valence-electron chi connectivity index (χ2n) is 7.42. The van der Waals surface area contributed by atoms with Gasteiger partial charge in [-0.05, 0) is 74.1 Å². The van der Waals surface area contributed by atoms with Crippen molar-refractivity contribution >= 4 is 17.7 Å². The van der Waals surface area contributed by atoms with Crippen molar-refractivity contribution in [1.29, 1.82) is 0 Å². The third-order valence-corrected chi connectivity index (χ3v) is 5.03. The lowest BCUT2D eigenvalue weighted by Gasteiger charge is -2.14. The summed E-state index contributed by atoms with van der Waals surface area (Å²) in [5, 5.41) is 6.40. The first-order valence-corrected chi connectivity index (χ1v) is 9.66. The van der Waals surface area contributed by atoms with Crippen molar-refractivity contribution in [3.63, 3.8) is 0 Å². The molecule has 1 aliphatic rings. The lowest BCUT2D eigenvalue weighted by atomic mass is 9.96. The minimum Gasteiger partial charge on any atom is -0.497 e. The van der Waals surface area contributed by atoms with Crippen molar-refractivity contribution < 1.29 is 9.53 Å². The first-order chi connectivity index (χ1) is 13.5. The molecule has 2 aromatic carbocycles. The highest BCUT2D eigenvalue weighted by Crippen LogP contribution is 2.34. The molecule has 1 atom stereocenters. The van der Waals surface area contributed by atoms with Crippen LogP contribution in [0, 0.1) is 0 Å². The number of hydrogen-bond acceptors (Lipinski definition) is 4. The van der Waals surface area contributed by atoms with E-state index in [2.05, 4.69) is 41.8 Å². The normalized spacial score (nSPS) is 15.5. The van der Waals surface area contributed by atoms with E-state index in [1.54, 1.807) is 13.2 Å². The molecule has 5 nitrogen and oxygen atoms in total. The molecule has 0 radical (unpaired) electrons. The second kappa shape index (κ2) is 9.42. The van der Waals surface area contributed by atoms with E-state index in [-0.39, 0.29) is 5.91 Å². The summed E-state index contributed by atoms with van der Waals surface area (Å²) in [5.41, 5.74) is 4.65. The number of anilines is 1. The van der Waals surface area contributed by atoms with Gasteiger partial charge in [0.25, 0.3) is 0 Å². The number of benzene rings is 2. The molecule has 28 heavy (non-hydrogen) atoms. The van der Waals surface area contributed by atoms with Crippen molar-refractivity contribution in [2.75, 3.05) is 39.6 Å². The van der Waals surface area contributed by atoms with Crippen molar-refractivity contribution in [3.05, 3.63) is 65.2 Å². The number of carbonyl (C=O) groups excluding carboxylic acids is 1. The van der Waals surface area contributed by atoms with E-state index in [1.165, 1.54) is 11.3 Å². The van der Waals surface area contributed by atoms with Crippen molar-refractivity contribution in [1.82, 2.24) is 10.2 Å². The standard InChI is InChI=1S/C23H29N3O2/c1-26(2)13-12-19-16-24-22-10-6-17(14-21(19)22)7-11-23(27)25-15-18-4-8-20(28-3)9-5-18/h4-11,14,19,24H,12-13,15-16H2,1-3H3,(H,25,27)/b11-7+. The molecule has 3 rings (SSSR count). The van der Waals surface area contributed by atoms with Crippen LogP contribution in [0.3, 0.4) is 0 Å². The van der Waals surface area contributed by atoms with E-state index in [4.69, 9.17) is 4.74 Å². The summed E-state index contributed by atoms with van der Waals surface area (Å²) >= 11 is 0. The summed E-state index contributed by atoms with van der Waals surface area (Å²) in [7, 11) is 5.85. The number of ether oxygens (including phenoxy) is 1. The van der Waals surface area contributed by atoms with Crippen LogP contribution in [0.1, 0.15) is 29.0 Å². The quantitative estimate of drug-likeness (QED) is 0.690. The van der Waals surface area contributed by atoms with Gasteiger partial charge in [-0.25, -0.2) is 0 Å². The van der Waals surface area contributed by atoms with Crippen LogP contribution in [0.2, 0.25) is 0 Å². The molecule has 1 aliphatic heterocycles. The third kappa shape index (κ3) is 5.36. The Labute approximate surface area is 167 Å². The number of methoxy groups -OCH3 is 1. The number of carbonyl (C=O) groups is 1. The van der Waals surface area contributed by atoms with Gasteiger partial charge in [0, 0.05) is 30.8 Å². The van der Waals surface area contributed by atoms with Crippen LogP contribution >= 0.6 is 0 Å². The fourth-order valence-electron chi connectivity index (χ4n) is 3.36. The van der Waals surface area contributed by atoms with E-state index < -0.39 is 0 Å². The van der Waals surface area contributed by atoms with Crippen molar-refractivity contribution in [2.24, 2.45) is 0 Å². The molecule has 0 saturated heterocycles. The minimum atomic E-state index is -0.0985. The highest BCUT2D eigenvalue weighted by atomic mass is 16.5. The summed E-state index contributed by atoms with van der Waals surface area (Å²) in [4.78, 5) is 14.4. The molecule has 0 aliphatic carbocycles. The van der Waals surface area contributed by atoms with E-state index in [1.807, 2.05) is 36.4 Å². The zero-order valence-corrected chi connectivity index (χ0v) is 16.9. The molecule has 0 fully saturated rings. The molecule has 1 heterocycles. The molecule has 148 valence electrons. The molecule has 0 saturated carbocycles. The Balaban J connectivity index is 1.56. The van der Waals surface area contributed by atoms with Crippen molar-refractivity contribution in [3.8, 4) is 5.75 Å². The van der Waals surface area contributed by atoms with Crippen LogP contribution in [0.4, 0.5) is 5.69 Å². The summed E-state index contributed by atoms with van der Waals surface area (Å²) < 4.78 is 5.14. The van der Waals surface area contributed by atoms with Gasteiger partial charge in [-0.3, -0.25) is 4.79 Å². The van der Waals surface area contributed by atoms with E-state index in [0.717, 1.165) is 36.4 Å². The van der Waals surface area contributed by atoms with Gasteiger partial charge >= 0.3 is 0 Å². The number of fused-ring (bicyclic) bond motifs is 1. The van der Waals surface area contributed by atoms with Crippen LogP contribution in [-0.4, -0.2) is 45.1 Å². The van der Waals surface area contributed by atoms with Crippen LogP contribution < -0.4 is 15.4 Å². The zero-order chi connectivity index (χ0) is 19.9. The maximum atomic E-state index is 12.1. The average molecular weight is 380 g/mol.